The molecule has 0 radical (unpaired) electrons. The van der Waals surface area contributed by atoms with E-state index in [0.717, 1.165) is 38.4 Å². The van der Waals surface area contributed by atoms with Crippen LogP contribution in [0, 0.1) is 5.82 Å². The number of carbonyl (C=O) groups is 2. The molecular formula is C22H24FN5O3S. The summed E-state index contributed by atoms with van der Waals surface area (Å²) in [5, 5.41) is 7.76. The van der Waals surface area contributed by atoms with E-state index in [9.17, 15) is 14.0 Å². The highest BCUT2D eigenvalue weighted by Gasteiger charge is 2.17. The molecule has 3 aromatic rings. The van der Waals surface area contributed by atoms with Gasteiger partial charge in [0.2, 0.25) is 5.91 Å². The van der Waals surface area contributed by atoms with E-state index < -0.39 is 0 Å². The Morgan fingerprint density at radius 1 is 1.12 bits per heavy atom. The number of hydrogen-bond acceptors (Lipinski definition) is 7. The number of amides is 2. The summed E-state index contributed by atoms with van der Waals surface area (Å²) in [5.74, 6) is -0.502. The average molecular weight is 458 g/mol. The number of piperazine rings is 1. The van der Waals surface area contributed by atoms with Crippen molar-refractivity contribution in [2.45, 2.75) is 6.42 Å². The molecule has 1 saturated heterocycles. The van der Waals surface area contributed by atoms with Gasteiger partial charge >= 0.3 is 0 Å². The molecule has 1 aliphatic rings. The van der Waals surface area contributed by atoms with Gasteiger partial charge in [-0.3, -0.25) is 19.8 Å². The van der Waals surface area contributed by atoms with Gasteiger partial charge in [-0.1, -0.05) is 0 Å². The Morgan fingerprint density at radius 3 is 2.62 bits per heavy atom. The van der Waals surface area contributed by atoms with Crippen LogP contribution in [0.4, 0.5) is 15.2 Å². The summed E-state index contributed by atoms with van der Waals surface area (Å²) in [7, 11) is 0. The zero-order valence-corrected chi connectivity index (χ0v) is 18.2. The third kappa shape index (κ3) is 5.92. The minimum Gasteiger partial charge on any atom is -0.459 e. The molecule has 1 aliphatic heterocycles. The number of rotatable bonds is 8. The topological polar surface area (TPSA) is 90.7 Å². The Hall–Kier alpha value is -3.24. The van der Waals surface area contributed by atoms with Crippen molar-refractivity contribution in [3.63, 3.8) is 0 Å². The number of anilines is 2. The van der Waals surface area contributed by atoms with Crippen LogP contribution in [0.25, 0.3) is 0 Å². The highest BCUT2D eigenvalue weighted by atomic mass is 32.1. The summed E-state index contributed by atoms with van der Waals surface area (Å²) in [5.41, 5.74) is 1.64. The number of nitrogens with zero attached hydrogens (tertiary/aromatic N) is 3. The first-order chi connectivity index (χ1) is 15.6. The maximum absolute atomic E-state index is 13.1. The molecule has 2 amide bonds. The molecule has 1 fully saturated rings. The van der Waals surface area contributed by atoms with Gasteiger partial charge in [0.1, 0.15) is 5.82 Å². The van der Waals surface area contributed by atoms with Crippen LogP contribution in [0.2, 0.25) is 0 Å². The van der Waals surface area contributed by atoms with Crippen molar-refractivity contribution in [2.24, 2.45) is 0 Å². The van der Waals surface area contributed by atoms with Crippen LogP contribution >= 0.6 is 11.3 Å². The lowest BCUT2D eigenvalue weighted by molar-refractivity contribution is -0.120. The van der Waals surface area contributed by atoms with E-state index in [0.29, 0.717) is 17.4 Å². The van der Waals surface area contributed by atoms with Gasteiger partial charge in [-0.25, -0.2) is 9.37 Å². The van der Waals surface area contributed by atoms with Crippen molar-refractivity contribution < 1.29 is 18.4 Å². The monoisotopic (exact) mass is 457 g/mol. The van der Waals surface area contributed by atoms with E-state index in [2.05, 4.69) is 25.4 Å². The van der Waals surface area contributed by atoms with Crippen molar-refractivity contribution in [2.75, 3.05) is 49.5 Å². The quantitative estimate of drug-likeness (QED) is 0.541. The maximum atomic E-state index is 13.1. The molecular weight excluding hydrogens is 433 g/mol. The predicted octanol–water partition coefficient (Wildman–Crippen LogP) is 2.61. The fourth-order valence-electron chi connectivity index (χ4n) is 3.47. The van der Waals surface area contributed by atoms with Crippen LogP contribution in [-0.2, 0) is 11.2 Å². The first kappa shape index (κ1) is 22.0. The van der Waals surface area contributed by atoms with Gasteiger partial charge in [0, 0.05) is 50.3 Å². The largest absolute Gasteiger partial charge is 0.459 e. The molecule has 0 spiro atoms. The normalized spacial score (nSPS) is 14.3. The Labute approximate surface area is 189 Å². The molecule has 8 nitrogen and oxygen atoms in total. The van der Waals surface area contributed by atoms with Gasteiger partial charge in [-0.2, -0.15) is 0 Å². The number of halogens is 1. The zero-order chi connectivity index (χ0) is 22.3. The molecule has 10 heteroatoms. The summed E-state index contributed by atoms with van der Waals surface area (Å²) in [6.07, 6.45) is 1.59. The highest BCUT2D eigenvalue weighted by molar-refractivity contribution is 7.14. The lowest BCUT2D eigenvalue weighted by Gasteiger charge is -2.36. The van der Waals surface area contributed by atoms with E-state index in [1.54, 1.807) is 29.6 Å². The van der Waals surface area contributed by atoms with Gasteiger partial charge in [-0.05, 0) is 36.4 Å². The third-order valence-corrected chi connectivity index (χ3v) is 5.98. The second-order valence-corrected chi connectivity index (χ2v) is 8.27. The summed E-state index contributed by atoms with van der Waals surface area (Å²) < 4.78 is 18.1. The van der Waals surface area contributed by atoms with Crippen molar-refractivity contribution in [3.8, 4) is 0 Å². The molecule has 0 atom stereocenters. The molecule has 0 aliphatic carbocycles. The molecule has 1 aromatic carbocycles. The van der Waals surface area contributed by atoms with Gasteiger partial charge < -0.3 is 14.6 Å². The first-order valence-electron chi connectivity index (χ1n) is 10.4. The molecule has 0 bridgehead atoms. The second-order valence-electron chi connectivity index (χ2n) is 7.41. The number of hydrogen-bond donors (Lipinski definition) is 2. The number of furan rings is 1. The summed E-state index contributed by atoms with van der Waals surface area (Å²) in [4.78, 5) is 33.0. The van der Waals surface area contributed by atoms with Gasteiger partial charge in [0.15, 0.2) is 10.9 Å². The Morgan fingerprint density at radius 2 is 1.91 bits per heavy atom. The second kappa shape index (κ2) is 10.4. The SMILES string of the molecule is O=C(Cc1csc(NC(=O)c2ccco2)n1)NCCN1CCN(c2ccc(F)cc2)CC1. The van der Waals surface area contributed by atoms with Crippen LogP contribution in [0.1, 0.15) is 16.2 Å². The standard InChI is InChI=1S/C22H24FN5O3S/c23-16-3-5-18(6-4-16)28-11-9-27(10-12-28)8-7-24-20(29)14-17-15-32-22(25-17)26-21(30)19-2-1-13-31-19/h1-6,13,15H,7-12,14H2,(H,24,29)(H,25,26,30). The fourth-order valence-corrected chi connectivity index (χ4v) is 4.18. The molecule has 168 valence electrons. The Bertz CT molecular complexity index is 1030. The van der Waals surface area contributed by atoms with E-state index >= 15 is 0 Å². The van der Waals surface area contributed by atoms with E-state index in [4.69, 9.17) is 4.42 Å². The average Bonchev–Trinajstić information content (AvgIpc) is 3.47. The smallest absolute Gasteiger partial charge is 0.293 e. The first-order valence-corrected chi connectivity index (χ1v) is 11.2. The van der Waals surface area contributed by atoms with Crippen LogP contribution in [0.15, 0.2) is 52.5 Å². The minimum absolute atomic E-state index is 0.107. The van der Waals surface area contributed by atoms with Crippen LogP contribution in [-0.4, -0.2) is 61.0 Å². The number of carbonyl (C=O) groups excluding carboxylic acids is 2. The van der Waals surface area contributed by atoms with Gasteiger partial charge in [0.25, 0.3) is 5.91 Å². The minimum atomic E-state index is -0.375. The van der Waals surface area contributed by atoms with E-state index in [1.807, 2.05) is 0 Å². The van der Waals surface area contributed by atoms with Gasteiger partial charge in [-0.15, -0.1) is 11.3 Å². The molecule has 2 aromatic heterocycles. The van der Waals surface area contributed by atoms with Crippen LogP contribution < -0.4 is 15.5 Å². The van der Waals surface area contributed by atoms with Gasteiger partial charge in [0.05, 0.1) is 18.4 Å². The summed E-state index contributed by atoms with van der Waals surface area (Å²) >= 11 is 1.26. The highest BCUT2D eigenvalue weighted by Crippen LogP contribution is 2.18. The fraction of sp³-hybridized carbons (Fsp3) is 0.318. The summed E-state index contributed by atoms with van der Waals surface area (Å²) in [6.45, 7) is 4.83. The van der Waals surface area contributed by atoms with Crippen molar-refractivity contribution in [1.82, 2.24) is 15.2 Å². The lowest BCUT2D eigenvalue weighted by atomic mass is 10.2. The van der Waals surface area contributed by atoms with Crippen LogP contribution in [0.5, 0.6) is 0 Å². The van der Waals surface area contributed by atoms with Crippen molar-refractivity contribution in [1.29, 1.82) is 0 Å². The number of nitrogens with one attached hydrogen (secondary N) is 2. The molecule has 2 N–H and O–H groups in total. The molecule has 0 unspecified atom stereocenters. The maximum Gasteiger partial charge on any atom is 0.293 e. The van der Waals surface area contributed by atoms with E-state index in [-0.39, 0.29) is 29.8 Å². The molecule has 0 saturated carbocycles. The molecule has 32 heavy (non-hydrogen) atoms. The Balaban J connectivity index is 1.14. The van der Waals surface area contributed by atoms with Crippen molar-refractivity contribution >= 4 is 34.0 Å². The Kier molecular flexibility index (Phi) is 7.13. The van der Waals surface area contributed by atoms with Crippen molar-refractivity contribution in [3.05, 3.63) is 65.3 Å². The summed E-state index contributed by atoms with van der Waals surface area (Å²) in [6, 6.07) is 9.78. The van der Waals surface area contributed by atoms with E-state index in [1.165, 1.54) is 29.7 Å². The third-order valence-electron chi connectivity index (χ3n) is 5.17. The van der Waals surface area contributed by atoms with Crippen LogP contribution in [0.3, 0.4) is 0 Å². The number of thiazole rings is 1. The molecule has 3 heterocycles. The number of aromatic nitrogens is 1. The zero-order valence-electron chi connectivity index (χ0n) is 17.4. The lowest BCUT2D eigenvalue weighted by Crippen LogP contribution is -2.48. The number of benzene rings is 1. The predicted molar refractivity (Wildman–Crippen MR) is 121 cm³/mol. The molecule has 4 rings (SSSR count).